The molecule has 6 nitrogen and oxygen atoms in total. The van der Waals surface area contributed by atoms with Crippen LogP contribution >= 0.6 is 0 Å². The number of carbonyl (C=O) groups excluding carboxylic acids is 1. The number of nitrogens with one attached hydrogen (secondary N) is 1. The maximum Gasteiger partial charge on any atom is 0.273 e. The fraction of sp³-hybridized carbons (Fsp3) is 0.0870. The van der Waals surface area contributed by atoms with Crippen LogP contribution in [0.3, 0.4) is 0 Å². The molecule has 1 aliphatic rings. The predicted molar refractivity (Wildman–Crippen MR) is 108 cm³/mol. The summed E-state index contributed by atoms with van der Waals surface area (Å²) in [5, 5.41) is 17.7. The number of benzene rings is 2. The highest BCUT2D eigenvalue weighted by molar-refractivity contribution is 6.00. The van der Waals surface area contributed by atoms with Gasteiger partial charge < -0.3 is 10.0 Å². The molecule has 4 aromatic rings. The molecular weight excluding hydrogens is 364 g/mol. The Balaban J connectivity index is 1.67. The summed E-state index contributed by atoms with van der Waals surface area (Å²) >= 11 is 0. The maximum absolute atomic E-state index is 13.3. The van der Waals surface area contributed by atoms with Crippen LogP contribution in [0.4, 0.5) is 0 Å². The van der Waals surface area contributed by atoms with Crippen LogP contribution in [0.25, 0.3) is 11.3 Å². The molecule has 0 saturated carbocycles. The van der Waals surface area contributed by atoms with Crippen LogP contribution in [-0.2, 0) is 6.54 Å². The molecule has 0 radical (unpaired) electrons. The van der Waals surface area contributed by atoms with Crippen molar-refractivity contribution in [2.24, 2.45) is 0 Å². The van der Waals surface area contributed by atoms with Gasteiger partial charge in [0.05, 0.1) is 6.04 Å². The molecule has 2 N–H and O–H groups in total. The van der Waals surface area contributed by atoms with Gasteiger partial charge in [-0.15, -0.1) is 0 Å². The summed E-state index contributed by atoms with van der Waals surface area (Å²) in [5.74, 6) is 0.0126. The van der Waals surface area contributed by atoms with E-state index >= 15 is 0 Å². The third-order valence-electron chi connectivity index (χ3n) is 5.21. The predicted octanol–water partition coefficient (Wildman–Crippen LogP) is 3.92. The molecule has 1 amide bonds. The number of amides is 1. The molecule has 29 heavy (non-hydrogen) atoms. The Hall–Kier alpha value is -3.93. The van der Waals surface area contributed by atoms with Gasteiger partial charge in [-0.1, -0.05) is 48.5 Å². The van der Waals surface area contributed by atoms with Crippen LogP contribution in [0.1, 0.15) is 33.2 Å². The Kier molecular flexibility index (Phi) is 4.09. The van der Waals surface area contributed by atoms with E-state index in [1.807, 2.05) is 59.5 Å². The third-order valence-corrected chi connectivity index (χ3v) is 5.21. The highest BCUT2D eigenvalue weighted by Crippen LogP contribution is 2.44. The second kappa shape index (κ2) is 6.91. The van der Waals surface area contributed by atoms with Crippen molar-refractivity contribution < 1.29 is 9.90 Å². The number of fused-ring (bicyclic) bond motifs is 1. The first-order valence-electron chi connectivity index (χ1n) is 9.35. The van der Waals surface area contributed by atoms with Gasteiger partial charge in [-0.05, 0) is 29.3 Å². The van der Waals surface area contributed by atoms with Crippen LogP contribution < -0.4 is 0 Å². The second-order valence-corrected chi connectivity index (χ2v) is 6.99. The number of pyridine rings is 1. The number of hydrogen-bond acceptors (Lipinski definition) is 4. The number of nitrogens with zero attached hydrogens (tertiary/aromatic N) is 3. The van der Waals surface area contributed by atoms with E-state index in [2.05, 4.69) is 15.2 Å². The fourth-order valence-corrected chi connectivity index (χ4v) is 3.91. The zero-order valence-electron chi connectivity index (χ0n) is 15.5. The van der Waals surface area contributed by atoms with Crippen molar-refractivity contribution in [1.29, 1.82) is 0 Å². The van der Waals surface area contributed by atoms with E-state index in [1.54, 1.807) is 24.5 Å². The molecule has 0 bridgehead atoms. The Morgan fingerprint density at radius 1 is 1.00 bits per heavy atom. The molecule has 2 aromatic heterocycles. The molecule has 0 saturated heterocycles. The average Bonchev–Trinajstić information content (AvgIpc) is 3.29. The Labute approximate surface area is 167 Å². The lowest BCUT2D eigenvalue weighted by molar-refractivity contribution is 0.0730. The summed E-state index contributed by atoms with van der Waals surface area (Å²) in [5.41, 5.74) is 4.37. The zero-order valence-corrected chi connectivity index (χ0v) is 15.5. The summed E-state index contributed by atoms with van der Waals surface area (Å²) in [7, 11) is 0. The number of para-hydroxylation sites is 1. The molecule has 0 fully saturated rings. The van der Waals surface area contributed by atoms with Gasteiger partial charge in [-0.25, -0.2) is 0 Å². The molecule has 3 heterocycles. The van der Waals surface area contributed by atoms with Crippen molar-refractivity contribution in [3.8, 4) is 17.0 Å². The third kappa shape index (κ3) is 2.86. The molecule has 2 aromatic carbocycles. The summed E-state index contributed by atoms with van der Waals surface area (Å²) in [6, 6.07) is 20.4. The molecule has 5 rings (SSSR count). The van der Waals surface area contributed by atoms with E-state index in [1.165, 1.54) is 0 Å². The average molecular weight is 382 g/mol. The van der Waals surface area contributed by atoms with E-state index in [4.69, 9.17) is 0 Å². The minimum atomic E-state index is -0.313. The van der Waals surface area contributed by atoms with E-state index in [9.17, 15) is 9.90 Å². The molecule has 142 valence electrons. The molecule has 0 aliphatic carbocycles. The number of phenols is 1. The van der Waals surface area contributed by atoms with Crippen molar-refractivity contribution in [2.45, 2.75) is 12.6 Å². The van der Waals surface area contributed by atoms with Crippen LogP contribution in [0.5, 0.6) is 5.75 Å². The molecule has 0 spiro atoms. The quantitative estimate of drug-likeness (QED) is 0.560. The zero-order chi connectivity index (χ0) is 19.8. The molecule has 1 aliphatic heterocycles. The van der Waals surface area contributed by atoms with Gasteiger partial charge in [0, 0.05) is 30.1 Å². The Morgan fingerprint density at radius 3 is 2.55 bits per heavy atom. The lowest BCUT2D eigenvalue weighted by Crippen LogP contribution is -2.29. The first-order valence-corrected chi connectivity index (χ1v) is 9.35. The number of aromatic hydroxyl groups is 1. The van der Waals surface area contributed by atoms with Crippen LogP contribution in [0.2, 0.25) is 0 Å². The van der Waals surface area contributed by atoms with Crippen molar-refractivity contribution >= 4 is 5.91 Å². The summed E-state index contributed by atoms with van der Waals surface area (Å²) in [6.07, 6.45) is 3.48. The van der Waals surface area contributed by atoms with E-state index in [0.29, 0.717) is 23.5 Å². The fourth-order valence-electron chi connectivity index (χ4n) is 3.91. The monoisotopic (exact) mass is 382 g/mol. The Bertz CT molecular complexity index is 1170. The van der Waals surface area contributed by atoms with Crippen molar-refractivity contribution in [3.05, 3.63) is 102 Å². The number of phenolic OH excluding ortho intramolecular Hbond substituents is 1. The van der Waals surface area contributed by atoms with E-state index in [-0.39, 0.29) is 17.7 Å². The van der Waals surface area contributed by atoms with Crippen molar-refractivity contribution in [3.63, 3.8) is 0 Å². The standard InChI is InChI=1S/C23H18N4O2/c28-18-11-5-4-10-17(18)20-19-21(26-25-20)23(29)27(14-15-7-6-12-24-13-15)22(19)16-8-2-1-3-9-16/h1-13,22,28H,14H2,(H,25,26). The minimum Gasteiger partial charge on any atom is -0.507 e. The van der Waals surface area contributed by atoms with Gasteiger partial charge in [0.25, 0.3) is 5.91 Å². The first kappa shape index (κ1) is 17.2. The number of hydrogen-bond donors (Lipinski definition) is 2. The van der Waals surface area contributed by atoms with Gasteiger partial charge in [0.2, 0.25) is 0 Å². The van der Waals surface area contributed by atoms with Gasteiger partial charge >= 0.3 is 0 Å². The second-order valence-electron chi connectivity index (χ2n) is 6.99. The smallest absolute Gasteiger partial charge is 0.273 e. The normalized spacial score (nSPS) is 15.5. The highest BCUT2D eigenvalue weighted by Gasteiger charge is 2.42. The first-order chi connectivity index (χ1) is 14.2. The largest absolute Gasteiger partial charge is 0.507 e. The lowest BCUT2D eigenvalue weighted by atomic mass is 9.95. The van der Waals surface area contributed by atoms with Crippen molar-refractivity contribution in [2.75, 3.05) is 0 Å². The number of rotatable bonds is 4. The van der Waals surface area contributed by atoms with Gasteiger partial charge in [-0.2, -0.15) is 5.10 Å². The summed E-state index contributed by atoms with van der Waals surface area (Å²) in [6.45, 7) is 0.426. The number of H-pyrrole nitrogens is 1. The minimum absolute atomic E-state index is 0.119. The number of aromatic amines is 1. The van der Waals surface area contributed by atoms with Gasteiger partial charge in [0.1, 0.15) is 17.1 Å². The summed E-state index contributed by atoms with van der Waals surface area (Å²) in [4.78, 5) is 19.3. The van der Waals surface area contributed by atoms with Crippen molar-refractivity contribution in [1.82, 2.24) is 20.1 Å². The van der Waals surface area contributed by atoms with Crippen LogP contribution in [0.15, 0.2) is 79.1 Å². The van der Waals surface area contributed by atoms with Crippen LogP contribution in [0, 0.1) is 0 Å². The van der Waals surface area contributed by atoms with E-state index < -0.39 is 0 Å². The number of carbonyl (C=O) groups is 1. The van der Waals surface area contributed by atoms with E-state index in [0.717, 1.165) is 16.7 Å². The van der Waals surface area contributed by atoms with Gasteiger partial charge in [-0.3, -0.25) is 14.9 Å². The highest BCUT2D eigenvalue weighted by atomic mass is 16.3. The number of aromatic nitrogens is 3. The Morgan fingerprint density at radius 2 is 1.79 bits per heavy atom. The maximum atomic E-state index is 13.3. The summed E-state index contributed by atoms with van der Waals surface area (Å²) < 4.78 is 0. The molecule has 1 atom stereocenters. The molecular formula is C23H18N4O2. The van der Waals surface area contributed by atoms with Crippen LogP contribution in [-0.4, -0.2) is 31.1 Å². The topological polar surface area (TPSA) is 82.1 Å². The molecule has 1 unspecified atom stereocenters. The molecule has 6 heteroatoms. The SMILES string of the molecule is O=C1c2[nH]nc(-c3ccccc3O)c2C(c2ccccc2)N1Cc1cccnc1. The van der Waals surface area contributed by atoms with Gasteiger partial charge in [0.15, 0.2) is 0 Å². The lowest BCUT2D eigenvalue weighted by Gasteiger charge is -2.26.